The molecule has 0 saturated carbocycles. The number of fused-ring (bicyclic) bond motifs is 1. The third-order valence-corrected chi connectivity index (χ3v) is 2.50. The predicted molar refractivity (Wildman–Crippen MR) is 59.1 cm³/mol. The molecule has 0 bridgehead atoms. The zero-order chi connectivity index (χ0) is 10.3. The third-order valence-electron chi connectivity index (χ3n) is 2.50. The molecule has 0 fully saturated rings. The van der Waals surface area contributed by atoms with Gasteiger partial charge in [0.1, 0.15) is 5.75 Å². The number of benzene rings is 1. The lowest BCUT2D eigenvalue weighted by Crippen LogP contribution is -2.46. The molecule has 14 heavy (non-hydrogen) atoms. The van der Waals surface area contributed by atoms with Gasteiger partial charge in [-0.1, -0.05) is 0 Å². The van der Waals surface area contributed by atoms with E-state index in [0.29, 0.717) is 5.75 Å². The van der Waals surface area contributed by atoms with E-state index >= 15 is 0 Å². The van der Waals surface area contributed by atoms with Crippen LogP contribution in [0.3, 0.4) is 0 Å². The summed E-state index contributed by atoms with van der Waals surface area (Å²) in [6.45, 7) is 5.27. The smallest absolute Gasteiger partial charge is 0.117 e. The van der Waals surface area contributed by atoms with E-state index < -0.39 is 0 Å². The first-order chi connectivity index (χ1) is 6.48. The van der Waals surface area contributed by atoms with Gasteiger partial charge in [-0.05, 0) is 26.0 Å². The number of aromatic hydroxyl groups is 1. The summed E-state index contributed by atoms with van der Waals surface area (Å²) >= 11 is 0. The highest BCUT2D eigenvalue weighted by atomic mass is 16.3. The number of hydrogen-bond acceptors (Lipinski definition) is 3. The van der Waals surface area contributed by atoms with Crippen LogP contribution in [0, 0.1) is 0 Å². The Bertz CT molecular complexity index is 360. The molecule has 1 aromatic rings. The van der Waals surface area contributed by atoms with Crippen LogP contribution in [-0.2, 0) is 0 Å². The molecule has 3 heteroatoms. The first-order valence-corrected chi connectivity index (χ1v) is 4.80. The Morgan fingerprint density at radius 1 is 1.43 bits per heavy atom. The molecule has 0 saturated heterocycles. The summed E-state index contributed by atoms with van der Waals surface area (Å²) < 4.78 is 0. The van der Waals surface area contributed by atoms with Gasteiger partial charge in [-0.3, -0.25) is 0 Å². The van der Waals surface area contributed by atoms with Crippen molar-refractivity contribution in [1.82, 2.24) is 0 Å². The fraction of sp³-hybridized carbons (Fsp3) is 0.455. The van der Waals surface area contributed by atoms with Crippen LogP contribution in [0.15, 0.2) is 18.2 Å². The number of anilines is 2. The van der Waals surface area contributed by atoms with Crippen molar-refractivity contribution in [2.75, 3.05) is 23.8 Å². The highest BCUT2D eigenvalue weighted by Crippen LogP contribution is 2.35. The van der Waals surface area contributed by atoms with Crippen LogP contribution >= 0.6 is 0 Å². The summed E-state index contributed by atoms with van der Waals surface area (Å²) in [5.41, 5.74) is 2.23. The maximum Gasteiger partial charge on any atom is 0.117 e. The van der Waals surface area contributed by atoms with Crippen LogP contribution in [0.4, 0.5) is 11.4 Å². The minimum absolute atomic E-state index is 0.0821. The van der Waals surface area contributed by atoms with Crippen molar-refractivity contribution >= 4 is 11.4 Å². The molecule has 2 rings (SSSR count). The molecular weight excluding hydrogens is 176 g/mol. The fourth-order valence-electron chi connectivity index (χ4n) is 2.02. The van der Waals surface area contributed by atoms with Gasteiger partial charge in [-0.15, -0.1) is 0 Å². The largest absolute Gasteiger partial charge is 0.508 e. The second-order valence-electron chi connectivity index (χ2n) is 4.57. The van der Waals surface area contributed by atoms with Crippen LogP contribution in [0.2, 0.25) is 0 Å². The molecular formula is C11H16N2O. The van der Waals surface area contributed by atoms with Crippen LogP contribution in [0.1, 0.15) is 13.8 Å². The second-order valence-corrected chi connectivity index (χ2v) is 4.57. The Morgan fingerprint density at radius 3 is 2.86 bits per heavy atom. The van der Waals surface area contributed by atoms with E-state index in [-0.39, 0.29) is 5.54 Å². The summed E-state index contributed by atoms with van der Waals surface area (Å²) in [7, 11) is 2.04. The van der Waals surface area contributed by atoms with Gasteiger partial charge in [0.15, 0.2) is 0 Å². The lowest BCUT2D eigenvalue weighted by molar-refractivity contribution is 0.474. The van der Waals surface area contributed by atoms with E-state index in [1.807, 2.05) is 13.1 Å². The second kappa shape index (κ2) is 2.80. The van der Waals surface area contributed by atoms with E-state index in [0.717, 1.165) is 17.9 Å². The number of hydrogen-bond donors (Lipinski definition) is 2. The van der Waals surface area contributed by atoms with Gasteiger partial charge in [-0.25, -0.2) is 0 Å². The molecule has 0 aromatic heterocycles. The third kappa shape index (κ3) is 1.50. The predicted octanol–water partition coefficient (Wildman–Crippen LogP) is 2.03. The first-order valence-electron chi connectivity index (χ1n) is 4.80. The van der Waals surface area contributed by atoms with E-state index in [4.69, 9.17) is 0 Å². The van der Waals surface area contributed by atoms with E-state index in [9.17, 15) is 5.11 Å². The average molecular weight is 192 g/mol. The van der Waals surface area contributed by atoms with Gasteiger partial charge in [0.25, 0.3) is 0 Å². The van der Waals surface area contributed by atoms with Gasteiger partial charge in [-0.2, -0.15) is 0 Å². The lowest BCUT2D eigenvalue weighted by atomic mass is 10.00. The number of rotatable bonds is 0. The normalized spacial score (nSPS) is 18.6. The monoisotopic (exact) mass is 192 g/mol. The van der Waals surface area contributed by atoms with E-state index in [2.05, 4.69) is 24.1 Å². The number of nitrogens with zero attached hydrogens (tertiary/aromatic N) is 1. The molecule has 0 aliphatic carbocycles. The van der Waals surface area contributed by atoms with E-state index in [1.165, 1.54) is 0 Å². The van der Waals surface area contributed by atoms with Crippen LogP contribution in [0.25, 0.3) is 0 Å². The quantitative estimate of drug-likeness (QED) is 0.617. The van der Waals surface area contributed by atoms with Gasteiger partial charge in [0, 0.05) is 25.2 Å². The summed E-state index contributed by atoms with van der Waals surface area (Å²) in [5, 5.41) is 12.8. The maximum atomic E-state index is 9.38. The highest BCUT2D eigenvalue weighted by molar-refractivity contribution is 5.74. The van der Waals surface area contributed by atoms with Crippen molar-refractivity contribution in [2.24, 2.45) is 0 Å². The number of phenols is 1. The van der Waals surface area contributed by atoms with Crippen molar-refractivity contribution < 1.29 is 5.11 Å². The summed E-state index contributed by atoms with van der Waals surface area (Å²) in [5.74, 6) is 0.317. The van der Waals surface area contributed by atoms with Crippen LogP contribution in [-0.4, -0.2) is 24.2 Å². The van der Waals surface area contributed by atoms with Crippen molar-refractivity contribution in [3.63, 3.8) is 0 Å². The van der Waals surface area contributed by atoms with Crippen molar-refractivity contribution in [1.29, 1.82) is 0 Å². The Balaban J connectivity index is 2.45. The Kier molecular flexibility index (Phi) is 1.84. The fourth-order valence-corrected chi connectivity index (χ4v) is 2.02. The standard InChI is InChI=1S/C11H16N2O/c1-11(2)7-13(3)10-6-8(14)4-5-9(10)12-11/h4-6,12,14H,7H2,1-3H3. The molecule has 1 aliphatic rings. The minimum Gasteiger partial charge on any atom is -0.508 e. The molecule has 2 N–H and O–H groups in total. The molecule has 0 amide bonds. The Labute approximate surface area is 84.4 Å². The van der Waals surface area contributed by atoms with Crippen LogP contribution < -0.4 is 10.2 Å². The maximum absolute atomic E-state index is 9.38. The van der Waals surface area contributed by atoms with Crippen LogP contribution in [0.5, 0.6) is 5.75 Å². The molecule has 0 radical (unpaired) electrons. The van der Waals surface area contributed by atoms with Gasteiger partial charge in [0.2, 0.25) is 0 Å². The molecule has 1 aromatic carbocycles. The minimum atomic E-state index is 0.0821. The van der Waals surface area contributed by atoms with Gasteiger partial charge < -0.3 is 15.3 Å². The van der Waals surface area contributed by atoms with Crippen molar-refractivity contribution in [3.05, 3.63) is 18.2 Å². The van der Waals surface area contributed by atoms with Gasteiger partial charge in [0.05, 0.1) is 11.4 Å². The molecule has 1 aliphatic heterocycles. The summed E-state index contributed by atoms with van der Waals surface area (Å²) in [6.07, 6.45) is 0. The molecule has 0 unspecified atom stereocenters. The van der Waals surface area contributed by atoms with Crippen molar-refractivity contribution in [2.45, 2.75) is 19.4 Å². The number of likely N-dealkylation sites (N-methyl/N-ethyl adjacent to an activating group) is 1. The zero-order valence-corrected chi connectivity index (χ0v) is 8.83. The Hall–Kier alpha value is -1.38. The molecule has 3 nitrogen and oxygen atoms in total. The zero-order valence-electron chi connectivity index (χ0n) is 8.83. The molecule has 0 atom stereocenters. The van der Waals surface area contributed by atoms with Gasteiger partial charge >= 0.3 is 0 Å². The SMILES string of the molecule is CN1CC(C)(C)Nc2ccc(O)cc21. The topological polar surface area (TPSA) is 35.5 Å². The Morgan fingerprint density at radius 2 is 2.14 bits per heavy atom. The average Bonchev–Trinajstić information content (AvgIpc) is 2.05. The van der Waals surface area contributed by atoms with Crippen molar-refractivity contribution in [3.8, 4) is 5.75 Å². The summed E-state index contributed by atoms with van der Waals surface area (Å²) in [6, 6.07) is 5.42. The lowest BCUT2D eigenvalue weighted by Gasteiger charge is -2.40. The molecule has 1 heterocycles. The van der Waals surface area contributed by atoms with E-state index in [1.54, 1.807) is 12.1 Å². The molecule has 76 valence electrons. The number of phenolic OH excluding ortho intramolecular Hbond substituents is 1. The summed E-state index contributed by atoms with van der Waals surface area (Å²) in [4.78, 5) is 2.16. The highest BCUT2D eigenvalue weighted by Gasteiger charge is 2.27. The molecule has 0 spiro atoms. The first kappa shape index (κ1) is 9.19. The number of nitrogens with one attached hydrogen (secondary N) is 1.